The van der Waals surface area contributed by atoms with Crippen LogP contribution >= 0.6 is 11.8 Å². The summed E-state index contributed by atoms with van der Waals surface area (Å²) in [6.07, 6.45) is 7.69. The number of aryl methyl sites for hydroxylation is 1. The zero-order chi connectivity index (χ0) is 11.0. The van der Waals surface area contributed by atoms with E-state index in [-0.39, 0.29) is 0 Å². The summed E-state index contributed by atoms with van der Waals surface area (Å²) in [7, 11) is 0. The Morgan fingerprint density at radius 2 is 2.31 bits per heavy atom. The Labute approximate surface area is 102 Å². The Balaban J connectivity index is 1.85. The van der Waals surface area contributed by atoms with Crippen LogP contribution in [0.15, 0.2) is 6.20 Å². The van der Waals surface area contributed by atoms with Gasteiger partial charge in [0.15, 0.2) is 0 Å². The van der Waals surface area contributed by atoms with Gasteiger partial charge in [0.25, 0.3) is 0 Å². The van der Waals surface area contributed by atoms with Crippen molar-refractivity contribution < 1.29 is 0 Å². The normalized spacial score (nSPS) is 30.1. The zero-order valence-electron chi connectivity index (χ0n) is 9.98. The van der Waals surface area contributed by atoms with Crippen molar-refractivity contribution in [1.82, 2.24) is 9.55 Å². The Kier molecular flexibility index (Phi) is 2.97. The van der Waals surface area contributed by atoms with Gasteiger partial charge in [0.2, 0.25) is 0 Å². The Bertz CT molecular complexity index is 366. The van der Waals surface area contributed by atoms with Crippen LogP contribution in [0, 0.1) is 0 Å². The molecule has 3 rings (SSSR count). The summed E-state index contributed by atoms with van der Waals surface area (Å²) >= 11 is 2.10. The van der Waals surface area contributed by atoms with Crippen molar-refractivity contribution in [2.24, 2.45) is 0 Å². The van der Waals surface area contributed by atoms with Crippen molar-refractivity contribution in [3.05, 3.63) is 17.7 Å². The minimum Gasteiger partial charge on any atom is -0.334 e. The first kappa shape index (κ1) is 10.7. The highest BCUT2D eigenvalue weighted by molar-refractivity contribution is 7.99. The maximum atomic E-state index is 4.91. The van der Waals surface area contributed by atoms with Gasteiger partial charge in [-0.1, -0.05) is 6.92 Å². The molecule has 0 bridgehead atoms. The Morgan fingerprint density at radius 1 is 1.38 bits per heavy atom. The summed E-state index contributed by atoms with van der Waals surface area (Å²) in [4.78, 5) is 4.91. The van der Waals surface area contributed by atoms with Crippen LogP contribution in [0.2, 0.25) is 0 Å². The molecule has 2 nitrogen and oxygen atoms in total. The Hall–Kier alpha value is -0.440. The van der Waals surface area contributed by atoms with Crippen LogP contribution < -0.4 is 0 Å². The van der Waals surface area contributed by atoms with Gasteiger partial charge in [-0.05, 0) is 31.4 Å². The molecule has 1 fully saturated rings. The van der Waals surface area contributed by atoms with Gasteiger partial charge in [-0.3, -0.25) is 0 Å². The van der Waals surface area contributed by atoms with Crippen LogP contribution in [-0.4, -0.2) is 21.1 Å². The molecule has 2 aliphatic rings. The highest BCUT2D eigenvalue weighted by Gasteiger charge is 2.23. The molecule has 1 saturated heterocycles. The van der Waals surface area contributed by atoms with Gasteiger partial charge >= 0.3 is 0 Å². The third-order valence-corrected chi connectivity index (χ3v) is 5.10. The average Bonchev–Trinajstić information content (AvgIpc) is 2.76. The van der Waals surface area contributed by atoms with E-state index < -0.39 is 0 Å². The second-order valence-corrected chi connectivity index (χ2v) is 6.32. The van der Waals surface area contributed by atoms with Crippen molar-refractivity contribution in [3.63, 3.8) is 0 Å². The quantitative estimate of drug-likeness (QED) is 0.744. The molecule has 0 saturated carbocycles. The molecule has 0 amide bonds. The molecule has 1 aromatic heterocycles. The first-order valence-electron chi connectivity index (χ1n) is 6.49. The molecule has 3 heteroatoms. The summed E-state index contributed by atoms with van der Waals surface area (Å²) in [5, 5.41) is 0. The van der Waals surface area contributed by atoms with E-state index in [0.29, 0.717) is 5.92 Å². The predicted molar refractivity (Wildman–Crippen MR) is 69.2 cm³/mol. The minimum atomic E-state index is 0.666. The molecule has 2 atom stereocenters. The SMILES string of the molecule is CC1CCCn2cc(C3CCCSC3)nc21. The average molecular weight is 236 g/mol. The number of hydrogen-bond acceptors (Lipinski definition) is 2. The van der Waals surface area contributed by atoms with Gasteiger partial charge in [0, 0.05) is 30.3 Å². The number of nitrogens with zero attached hydrogens (tertiary/aromatic N) is 2. The van der Waals surface area contributed by atoms with Crippen LogP contribution in [0.1, 0.15) is 56.0 Å². The number of hydrogen-bond donors (Lipinski definition) is 0. The van der Waals surface area contributed by atoms with Crippen LogP contribution in [0.5, 0.6) is 0 Å². The van der Waals surface area contributed by atoms with Crippen LogP contribution in [0.25, 0.3) is 0 Å². The minimum absolute atomic E-state index is 0.666. The number of thioether (sulfide) groups is 1. The lowest BCUT2D eigenvalue weighted by Gasteiger charge is -2.19. The van der Waals surface area contributed by atoms with E-state index >= 15 is 0 Å². The molecule has 2 unspecified atom stereocenters. The zero-order valence-corrected chi connectivity index (χ0v) is 10.8. The second-order valence-electron chi connectivity index (χ2n) is 5.17. The van der Waals surface area contributed by atoms with Gasteiger partial charge in [0.1, 0.15) is 5.82 Å². The van der Waals surface area contributed by atoms with Crippen molar-refractivity contribution in [1.29, 1.82) is 0 Å². The highest BCUT2D eigenvalue weighted by atomic mass is 32.2. The van der Waals surface area contributed by atoms with E-state index in [9.17, 15) is 0 Å². The van der Waals surface area contributed by atoms with Crippen LogP contribution in [-0.2, 0) is 6.54 Å². The highest BCUT2D eigenvalue weighted by Crippen LogP contribution is 2.33. The van der Waals surface area contributed by atoms with Crippen molar-refractivity contribution in [2.75, 3.05) is 11.5 Å². The van der Waals surface area contributed by atoms with Gasteiger partial charge in [0.05, 0.1) is 5.69 Å². The molecule has 0 N–H and O–H groups in total. The van der Waals surface area contributed by atoms with E-state index in [0.717, 1.165) is 5.92 Å². The lowest BCUT2D eigenvalue weighted by Crippen LogP contribution is -2.13. The summed E-state index contributed by atoms with van der Waals surface area (Å²) in [6, 6.07) is 0. The summed E-state index contributed by atoms with van der Waals surface area (Å²) in [5.74, 6) is 5.37. The topological polar surface area (TPSA) is 17.8 Å². The fraction of sp³-hybridized carbons (Fsp3) is 0.769. The monoisotopic (exact) mass is 236 g/mol. The smallest absolute Gasteiger partial charge is 0.111 e. The van der Waals surface area contributed by atoms with E-state index in [4.69, 9.17) is 4.98 Å². The molecule has 0 spiro atoms. The first-order chi connectivity index (χ1) is 7.84. The predicted octanol–water partition coefficient (Wildman–Crippen LogP) is 3.39. The lowest BCUT2D eigenvalue weighted by molar-refractivity contribution is 0.463. The molecule has 0 aromatic carbocycles. The summed E-state index contributed by atoms with van der Waals surface area (Å²) in [5.41, 5.74) is 1.37. The molecular formula is C13H20N2S. The largest absolute Gasteiger partial charge is 0.334 e. The number of fused-ring (bicyclic) bond motifs is 1. The van der Waals surface area contributed by atoms with Crippen molar-refractivity contribution >= 4 is 11.8 Å². The van der Waals surface area contributed by atoms with Crippen LogP contribution in [0.4, 0.5) is 0 Å². The van der Waals surface area contributed by atoms with Crippen LogP contribution in [0.3, 0.4) is 0 Å². The molecule has 0 radical (unpaired) electrons. The van der Waals surface area contributed by atoms with Gasteiger partial charge in [-0.15, -0.1) is 0 Å². The Morgan fingerprint density at radius 3 is 3.06 bits per heavy atom. The fourth-order valence-corrected chi connectivity index (χ4v) is 4.05. The van der Waals surface area contributed by atoms with E-state index in [2.05, 4.69) is 29.4 Å². The molecule has 16 heavy (non-hydrogen) atoms. The molecule has 2 aliphatic heterocycles. The van der Waals surface area contributed by atoms with Gasteiger partial charge < -0.3 is 4.57 Å². The van der Waals surface area contributed by atoms with E-state index in [1.165, 1.54) is 55.3 Å². The molecule has 0 aliphatic carbocycles. The number of imidazole rings is 1. The summed E-state index contributed by atoms with van der Waals surface area (Å²) in [6.45, 7) is 3.50. The van der Waals surface area contributed by atoms with Gasteiger partial charge in [-0.2, -0.15) is 11.8 Å². The fourth-order valence-electron chi connectivity index (χ4n) is 2.89. The van der Waals surface area contributed by atoms with E-state index in [1.54, 1.807) is 0 Å². The molecule has 88 valence electrons. The van der Waals surface area contributed by atoms with E-state index in [1.807, 2.05) is 0 Å². The molecule has 1 aromatic rings. The maximum Gasteiger partial charge on any atom is 0.111 e. The third kappa shape index (κ3) is 1.90. The van der Waals surface area contributed by atoms with Crippen molar-refractivity contribution in [3.8, 4) is 0 Å². The molecular weight excluding hydrogens is 216 g/mol. The first-order valence-corrected chi connectivity index (χ1v) is 7.65. The number of rotatable bonds is 1. The number of aromatic nitrogens is 2. The van der Waals surface area contributed by atoms with Crippen molar-refractivity contribution in [2.45, 2.75) is 51.0 Å². The van der Waals surface area contributed by atoms with Gasteiger partial charge in [-0.25, -0.2) is 4.98 Å². The second kappa shape index (κ2) is 4.44. The third-order valence-electron chi connectivity index (χ3n) is 3.88. The maximum absolute atomic E-state index is 4.91. The molecule has 3 heterocycles. The lowest BCUT2D eigenvalue weighted by atomic mass is 10.0. The summed E-state index contributed by atoms with van der Waals surface area (Å²) < 4.78 is 2.41. The standard InChI is InChI=1S/C13H20N2S/c1-10-4-2-6-15-8-12(14-13(10)15)11-5-3-7-16-9-11/h8,10-11H,2-7,9H2,1H3.